The number of amides is 1. The summed E-state index contributed by atoms with van der Waals surface area (Å²) >= 11 is 1.47. The molecule has 2 heterocycles. The Morgan fingerprint density at radius 3 is 2.53 bits per heavy atom. The zero-order chi connectivity index (χ0) is 14.4. The minimum Gasteiger partial charge on any atom is -0.390 e. The van der Waals surface area contributed by atoms with Gasteiger partial charge >= 0.3 is 0 Å². The molecule has 1 aromatic rings. The van der Waals surface area contributed by atoms with Crippen molar-refractivity contribution in [2.45, 2.75) is 52.2 Å². The van der Waals surface area contributed by atoms with Crippen LogP contribution >= 0.6 is 11.3 Å². The van der Waals surface area contributed by atoms with Crippen LogP contribution in [0.1, 0.15) is 61.8 Å². The van der Waals surface area contributed by atoms with Crippen LogP contribution in [0.25, 0.3) is 0 Å². The molecule has 1 aromatic heterocycles. The fourth-order valence-corrected chi connectivity index (χ4v) is 3.99. The summed E-state index contributed by atoms with van der Waals surface area (Å²) in [6.45, 7) is 10.7. The van der Waals surface area contributed by atoms with Crippen molar-refractivity contribution in [2.24, 2.45) is 0 Å². The van der Waals surface area contributed by atoms with Gasteiger partial charge in [-0.3, -0.25) is 4.79 Å². The summed E-state index contributed by atoms with van der Waals surface area (Å²) in [7, 11) is 0. The monoisotopic (exact) mass is 282 g/mol. The van der Waals surface area contributed by atoms with Gasteiger partial charge in [-0.05, 0) is 34.1 Å². The van der Waals surface area contributed by atoms with E-state index in [0.717, 1.165) is 16.9 Å². The fraction of sp³-hybridized carbons (Fsp3) is 0.643. The predicted octanol–water partition coefficient (Wildman–Crippen LogP) is 2.97. The van der Waals surface area contributed by atoms with Crippen LogP contribution in [0, 0.1) is 0 Å². The Bertz CT molecular complexity index is 518. The van der Waals surface area contributed by atoms with Crippen LogP contribution in [0.15, 0.2) is 0 Å². The predicted molar refractivity (Wildman–Crippen MR) is 78.5 cm³/mol. The molecule has 1 aliphatic heterocycles. The highest BCUT2D eigenvalue weighted by atomic mass is 32.1. The largest absolute Gasteiger partial charge is 0.390 e. The lowest BCUT2D eigenvalue weighted by Gasteiger charge is -2.26. The Kier molecular flexibility index (Phi) is 3.39. The highest BCUT2D eigenvalue weighted by molar-refractivity contribution is 7.16. The molecule has 106 valence electrons. The minimum atomic E-state index is -0.480. The summed E-state index contributed by atoms with van der Waals surface area (Å²) in [6.07, 6.45) is 0.906. The number of nitrogens with two attached hydrogens (primary N) is 1. The first kappa shape index (κ1) is 14.3. The average Bonchev–Trinajstić information content (AvgIpc) is 2.70. The number of carbonyl (C=O) groups is 1. The number of rotatable bonds is 3. The number of hydrogen-bond acceptors (Lipinski definition) is 4. The zero-order valence-electron chi connectivity index (χ0n) is 12.2. The quantitative estimate of drug-likeness (QED) is 0.895. The molecule has 2 rings (SSSR count). The van der Waals surface area contributed by atoms with E-state index in [9.17, 15) is 4.79 Å². The Morgan fingerprint density at radius 2 is 1.95 bits per heavy atom. The van der Waals surface area contributed by atoms with Crippen molar-refractivity contribution in [3.63, 3.8) is 0 Å². The third-order valence-electron chi connectivity index (χ3n) is 3.36. The standard InChI is InChI=1S/C14H22N2O2S/c1-6-7-16-12(17)8-9-10(19-11(8)15)14(4,5)18-13(9,2)3/h6-7,15H2,1-5H3,(H,16,17). The van der Waals surface area contributed by atoms with Crippen molar-refractivity contribution in [3.8, 4) is 0 Å². The summed E-state index contributed by atoms with van der Waals surface area (Å²) in [5.74, 6) is -0.0915. The van der Waals surface area contributed by atoms with Crippen molar-refractivity contribution in [1.82, 2.24) is 5.32 Å². The third kappa shape index (κ3) is 2.25. The minimum absolute atomic E-state index is 0.0915. The molecule has 1 aliphatic rings. The van der Waals surface area contributed by atoms with Crippen LogP contribution in [-0.4, -0.2) is 12.5 Å². The molecular formula is C14H22N2O2S. The number of ether oxygens (including phenoxy) is 1. The molecule has 0 bridgehead atoms. The molecule has 0 aliphatic carbocycles. The molecular weight excluding hydrogens is 260 g/mol. The van der Waals surface area contributed by atoms with Crippen molar-refractivity contribution < 1.29 is 9.53 Å². The summed E-state index contributed by atoms with van der Waals surface area (Å²) in [4.78, 5) is 13.4. The number of nitrogens with one attached hydrogen (secondary N) is 1. The number of hydrogen-bond donors (Lipinski definition) is 2. The van der Waals surface area contributed by atoms with Crippen molar-refractivity contribution in [3.05, 3.63) is 16.0 Å². The summed E-state index contributed by atoms with van der Waals surface area (Å²) in [5, 5.41) is 3.49. The van der Waals surface area contributed by atoms with Gasteiger partial charge in [0.1, 0.15) is 0 Å². The lowest BCUT2D eigenvalue weighted by atomic mass is 9.93. The van der Waals surface area contributed by atoms with Gasteiger partial charge in [-0.15, -0.1) is 11.3 Å². The van der Waals surface area contributed by atoms with Gasteiger partial charge in [-0.1, -0.05) is 6.92 Å². The first-order chi connectivity index (χ1) is 8.70. The highest BCUT2D eigenvalue weighted by Gasteiger charge is 2.48. The Labute approximate surface area is 118 Å². The Balaban J connectivity index is 2.51. The second kappa shape index (κ2) is 4.49. The van der Waals surface area contributed by atoms with E-state index in [-0.39, 0.29) is 11.5 Å². The fourth-order valence-electron chi connectivity index (χ4n) is 2.73. The summed E-state index contributed by atoms with van der Waals surface area (Å²) in [6, 6.07) is 0. The van der Waals surface area contributed by atoms with E-state index in [2.05, 4.69) is 5.32 Å². The molecule has 0 unspecified atom stereocenters. The second-order valence-corrected chi connectivity index (χ2v) is 6.98. The van der Waals surface area contributed by atoms with E-state index in [4.69, 9.17) is 10.5 Å². The molecule has 0 saturated heterocycles. The van der Waals surface area contributed by atoms with Crippen LogP contribution in [0.2, 0.25) is 0 Å². The number of carbonyl (C=O) groups excluding carboxylic acids is 1. The van der Waals surface area contributed by atoms with E-state index < -0.39 is 5.60 Å². The molecule has 19 heavy (non-hydrogen) atoms. The molecule has 0 aromatic carbocycles. The highest BCUT2D eigenvalue weighted by Crippen LogP contribution is 2.53. The molecule has 3 N–H and O–H groups in total. The maximum absolute atomic E-state index is 12.3. The molecule has 0 radical (unpaired) electrons. The van der Waals surface area contributed by atoms with Gasteiger partial charge in [-0.2, -0.15) is 0 Å². The van der Waals surface area contributed by atoms with Crippen LogP contribution in [0.3, 0.4) is 0 Å². The number of nitrogen functional groups attached to an aromatic ring is 1. The van der Waals surface area contributed by atoms with Gasteiger partial charge in [0.05, 0.1) is 21.8 Å². The summed E-state index contributed by atoms with van der Waals surface area (Å²) < 4.78 is 6.07. The first-order valence-corrected chi connectivity index (χ1v) is 7.44. The van der Waals surface area contributed by atoms with Gasteiger partial charge in [-0.25, -0.2) is 0 Å². The molecule has 4 nitrogen and oxygen atoms in total. The molecule has 0 fully saturated rings. The van der Waals surface area contributed by atoms with Gasteiger partial charge < -0.3 is 15.8 Å². The van der Waals surface area contributed by atoms with Gasteiger partial charge in [0, 0.05) is 17.0 Å². The average molecular weight is 282 g/mol. The number of fused-ring (bicyclic) bond motifs is 1. The maximum atomic E-state index is 12.3. The van der Waals surface area contributed by atoms with Crippen LogP contribution in [0.5, 0.6) is 0 Å². The Hall–Kier alpha value is -1.07. The van der Waals surface area contributed by atoms with E-state index in [0.29, 0.717) is 17.1 Å². The third-order valence-corrected chi connectivity index (χ3v) is 4.68. The second-order valence-electron chi connectivity index (χ2n) is 5.92. The van der Waals surface area contributed by atoms with Crippen molar-refractivity contribution in [1.29, 1.82) is 0 Å². The van der Waals surface area contributed by atoms with Crippen molar-refractivity contribution in [2.75, 3.05) is 12.3 Å². The topological polar surface area (TPSA) is 64.4 Å². The lowest BCUT2D eigenvalue weighted by Crippen LogP contribution is -2.28. The van der Waals surface area contributed by atoms with E-state index >= 15 is 0 Å². The number of anilines is 1. The zero-order valence-corrected chi connectivity index (χ0v) is 13.0. The SMILES string of the molecule is CCCNC(=O)c1c(N)sc2c1C(C)(C)OC2(C)C. The molecule has 1 amide bonds. The van der Waals surface area contributed by atoms with E-state index in [1.165, 1.54) is 11.3 Å². The lowest BCUT2D eigenvalue weighted by molar-refractivity contribution is -0.104. The van der Waals surface area contributed by atoms with Crippen molar-refractivity contribution >= 4 is 22.2 Å². The van der Waals surface area contributed by atoms with Gasteiger partial charge in [0.2, 0.25) is 0 Å². The molecule has 5 heteroatoms. The summed E-state index contributed by atoms with van der Waals surface area (Å²) in [5.41, 5.74) is 6.75. The van der Waals surface area contributed by atoms with Crippen LogP contribution < -0.4 is 11.1 Å². The van der Waals surface area contributed by atoms with Crippen LogP contribution in [-0.2, 0) is 15.9 Å². The number of thiophene rings is 1. The van der Waals surface area contributed by atoms with Gasteiger partial charge in [0.15, 0.2) is 0 Å². The Morgan fingerprint density at radius 1 is 1.32 bits per heavy atom. The maximum Gasteiger partial charge on any atom is 0.254 e. The normalized spacial score (nSPS) is 19.2. The van der Waals surface area contributed by atoms with Crippen LogP contribution in [0.4, 0.5) is 5.00 Å². The molecule has 0 atom stereocenters. The van der Waals surface area contributed by atoms with E-state index in [1.54, 1.807) is 0 Å². The molecule has 0 spiro atoms. The smallest absolute Gasteiger partial charge is 0.254 e. The van der Waals surface area contributed by atoms with Gasteiger partial charge in [0.25, 0.3) is 5.91 Å². The molecule has 0 saturated carbocycles. The first-order valence-electron chi connectivity index (χ1n) is 6.62. The van der Waals surface area contributed by atoms with E-state index in [1.807, 2.05) is 34.6 Å².